The first-order valence-electron chi connectivity index (χ1n) is 7.82. The van der Waals surface area contributed by atoms with Gasteiger partial charge in [-0.15, -0.1) is 0 Å². The van der Waals surface area contributed by atoms with Crippen molar-refractivity contribution in [1.82, 2.24) is 4.90 Å². The fourth-order valence-corrected chi connectivity index (χ4v) is 2.20. The first-order chi connectivity index (χ1) is 11.1. The summed E-state index contributed by atoms with van der Waals surface area (Å²) in [4.78, 5) is 13.4. The molecule has 0 bridgehead atoms. The van der Waals surface area contributed by atoms with Gasteiger partial charge in [0, 0.05) is 14.1 Å². The average Bonchev–Trinajstić information content (AvgIpc) is 2.54. The number of anilines is 1. The number of nitrogens with zero attached hydrogens (tertiary/aromatic N) is 1. The monoisotopic (exact) mass is 312 g/mol. The fraction of sp³-hybridized carbons (Fsp3) is 0.316. The van der Waals surface area contributed by atoms with Crippen molar-refractivity contribution >= 4 is 11.7 Å². The molecule has 23 heavy (non-hydrogen) atoms. The van der Waals surface area contributed by atoms with Gasteiger partial charge in [-0.2, -0.15) is 0 Å². The van der Waals surface area contributed by atoms with E-state index in [1.54, 1.807) is 14.1 Å². The van der Waals surface area contributed by atoms with Crippen molar-refractivity contribution < 1.29 is 9.53 Å². The van der Waals surface area contributed by atoms with Crippen molar-refractivity contribution in [3.8, 4) is 5.75 Å². The van der Waals surface area contributed by atoms with Crippen LogP contribution in [0.5, 0.6) is 5.75 Å². The molecule has 2 amide bonds. The lowest BCUT2D eigenvalue weighted by Gasteiger charge is -2.16. The lowest BCUT2D eigenvalue weighted by molar-refractivity contribution is 0.230. The molecule has 0 saturated heterocycles. The van der Waals surface area contributed by atoms with E-state index in [9.17, 15) is 4.79 Å². The average molecular weight is 312 g/mol. The maximum atomic E-state index is 11.8. The summed E-state index contributed by atoms with van der Waals surface area (Å²) in [6, 6.07) is 16.0. The Morgan fingerprint density at radius 1 is 1.13 bits per heavy atom. The summed E-state index contributed by atoms with van der Waals surface area (Å²) in [7, 11) is 3.43. The summed E-state index contributed by atoms with van der Waals surface area (Å²) < 4.78 is 5.86. The van der Waals surface area contributed by atoms with Gasteiger partial charge in [0.2, 0.25) is 0 Å². The third-order valence-electron chi connectivity index (χ3n) is 3.49. The normalized spacial score (nSPS) is 10.2. The molecule has 0 aliphatic rings. The van der Waals surface area contributed by atoms with Gasteiger partial charge in [0.05, 0.1) is 12.3 Å². The van der Waals surface area contributed by atoms with Crippen LogP contribution in [0.15, 0.2) is 48.5 Å². The summed E-state index contributed by atoms with van der Waals surface area (Å²) in [6.45, 7) is 2.60. The number of carbonyl (C=O) groups is 1. The van der Waals surface area contributed by atoms with Gasteiger partial charge in [0.1, 0.15) is 5.75 Å². The Labute approximate surface area is 138 Å². The van der Waals surface area contributed by atoms with Crippen LogP contribution in [0.3, 0.4) is 0 Å². The van der Waals surface area contributed by atoms with Gasteiger partial charge in [0.15, 0.2) is 0 Å². The molecule has 0 aliphatic heterocycles. The highest BCUT2D eigenvalue weighted by Gasteiger charge is 2.09. The zero-order chi connectivity index (χ0) is 16.7. The van der Waals surface area contributed by atoms with Crippen LogP contribution in [-0.2, 0) is 6.42 Å². The van der Waals surface area contributed by atoms with Crippen LogP contribution < -0.4 is 10.1 Å². The highest BCUT2D eigenvalue weighted by molar-refractivity contribution is 5.90. The van der Waals surface area contributed by atoms with E-state index in [0.29, 0.717) is 18.0 Å². The Morgan fingerprint density at radius 3 is 2.57 bits per heavy atom. The smallest absolute Gasteiger partial charge is 0.321 e. The Hall–Kier alpha value is -2.49. The molecule has 0 spiro atoms. The van der Waals surface area contributed by atoms with Crippen LogP contribution in [-0.4, -0.2) is 31.6 Å². The maximum absolute atomic E-state index is 11.8. The second kappa shape index (κ2) is 8.22. The molecule has 0 fully saturated rings. The second-order valence-electron chi connectivity index (χ2n) is 5.76. The van der Waals surface area contributed by atoms with Crippen LogP contribution in [0.1, 0.15) is 17.5 Å². The van der Waals surface area contributed by atoms with E-state index in [1.165, 1.54) is 10.5 Å². The van der Waals surface area contributed by atoms with Crippen molar-refractivity contribution in [2.24, 2.45) is 0 Å². The molecule has 0 atom stereocenters. The molecule has 2 rings (SSSR count). The van der Waals surface area contributed by atoms with Gasteiger partial charge in [-0.1, -0.05) is 36.4 Å². The van der Waals surface area contributed by atoms with Crippen molar-refractivity contribution in [3.05, 3.63) is 59.7 Å². The van der Waals surface area contributed by atoms with Crippen molar-refractivity contribution in [1.29, 1.82) is 0 Å². The number of aryl methyl sites for hydroxylation is 2. The zero-order valence-electron chi connectivity index (χ0n) is 14.0. The molecule has 2 aromatic carbocycles. The highest BCUT2D eigenvalue weighted by atomic mass is 16.5. The van der Waals surface area contributed by atoms with Crippen molar-refractivity contribution in [3.63, 3.8) is 0 Å². The molecule has 1 N–H and O–H groups in total. The number of carbonyl (C=O) groups excluding carboxylic acids is 1. The summed E-state index contributed by atoms with van der Waals surface area (Å²) in [6.07, 6.45) is 1.91. The topological polar surface area (TPSA) is 41.6 Å². The largest absolute Gasteiger partial charge is 0.491 e. The van der Waals surface area contributed by atoms with E-state index in [1.807, 2.05) is 43.3 Å². The molecule has 0 heterocycles. The number of amides is 2. The van der Waals surface area contributed by atoms with Gasteiger partial charge in [-0.25, -0.2) is 4.79 Å². The first kappa shape index (κ1) is 16.9. The molecular formula is C19H24N2O2. The number of nitrogens with one attached hydrogen (secondary N) is 1. The predicted octanol–water partition coefficient (Wildman–Crippen LogP) is 4.10. The summed E-state index contributed by atoms with van der Waals surface area (Å²) in [5.74, 6) is 0.707. The molecule has 122 valence electrons. The first-order valence-corrected chi connectivity index (χ1v) is 7.82. The number of rotatable bonds is 6. The quantitative estimate of drug-likeness (QED) is 0.816. The number of ether oxygens (including phenoxy) is 1. The summed E-state index contributed by atoms with van der Waals surface area (Å²) >= 11 is 0. The maximum Gasteiger partial charge on any atom is 0.321 e. The zero-order valence-corrected chi connectivity index (χ0v) is 14.0. The number of hydrogen-bond acceptors (Lipinski definition) is 2. The van der Waals surface area contributed by atoms with Gasteiger partial charge in [0.25, 0.3) is 0 Å². The van der Waals surface area contributed by atoms with Gasteiger partial charge >= 0.3 is 6.03 Å². The second-order valence-corrected chi connectivity index (χ2v) is 5.76. The molecule has 4 heteroatoms. The van der Waals surface area contributed by atoms with Crippen LogP contribution in [0.25, 0.3) is 0 Å². The standard InChI is InChI=1S/C19H24N2O2/c1-15-11-12-18(17(14-15)20-19(22)21(2)3)23-13-7-10-16-8-5-4-6-9-16/h4-6,8-9,11-12,14H,7,10,13H2,1-3H3,(H,20,22). The molecule has 4 nitrogen and oxygen atoms in total. The van der Waals surface area contributed by atoms with Crippen LogP contribution in [0, 0.1) is 6.92 Å². The minimum atomic E-state index is -0.162. The lowest BCUT2D eigenvalue weighted by atomic mass is 10.1. The predicted molar refractivity (Wildman–Crippen MR) is 94.1 cm³/mol. The molecule has 0 radical (unpaired) electrons. The Bertz CT molecular complexity index is 639. The van der Waals surface area contributed by atoms with Crippen LogP contribution in [0.2, 0.25) is 0 Å². The van der Waals surface area contributed by atoms with Gasteiger partial charge in [-0.05, 0) is 43.0 Å². The van der Waals surface area contributed by atoms with Crippen LogP contribution >= 0.6 is 0 Å². The van der Waals surface area contributed by atoms with Crippen molar-refractivity contribution in [2.75, 3.05) is 26.0 Å². The Morgan fingerprint density at radius 2 is 1.87 bits per heavy atom. The molecule has 0 aliphatic carbocycles. The third-order valence-corrected chi connectivity index (χ3v) is 3.49. The van der Waals surface area contributed by atoms with E-state index >= 15 is 0 Å². The summed E-state index contributed by atoms with van der Waals surface area (Å²) in [5, 5.41) is 2.87. The number of hydrogen-bond donors (Lipinski definition) is 1. The van der Waals surface area contributed by atoms with E-state index in [0.717, 1.165) is 18.4 Å². The Kier molecular flexibility index (Phi) is 6.03. The fourth-order valence-electron chi connectivity index (χ4n) is 2.20. The highest BCUT2D eigenvalue weighted by Crippen LogP contribution is 2.26. The molecular weight excluding hydrogens is 288 g/mol. The van der Waals surface area contributed by atoms with Crippen molar-refractivity contribution in [2.45, 2.75) is 19.8 Å². The summed E-state index contributed by atoms with van der Waals surface area (Å²) in [5.41, 5.74) is 3.10. The number of benzene rings is 2. The third kappa shape index (κ3) is 5.33. The Balaban J connectivity index is 1.92. The minimum absolute atomic E-state index is 0.162. The van der Waals surface area contributed by atoms with Gasteiger partial charge < -0.3 is 15.0 Å². The SMILES string of the molecule is Cc1ccc(OCCCc2ccccc2)c(NC(=O)N(C)C)c1. The number of urea groups is 1. The minimum Gasteiger partial charge on any atom is -0.491 e. The van der Waals surface area contributed by atoms with E-state index in [4.69, 9.17) is 4.74 Å². The lowest BCUT2D eigenvalue weighted by Crippen LogP contribution is -2.27. The van der Waals surface area contributed by atoms with E-state index in [-0.39, 0.29) is 6.03 Å². The molecule has 0 aromatic heterocycles. The molecule has 0 saturated carbocycles. The van der Waals surface area contributed by atoms with Gasteiger partial charge in [-0.3, -0.25) is 0 Å². The van der Waals surface area contributed by atoms with E-state index < -0.39 is 0 Å². The van der Waals surface area contributed by atoms with Crippen LogP contribution in [0.4, 0.5) is 10.5 Å². The molecule has 0 unspecified atom stereocenters. The molecule has 2 aromatic rings. The van der Waals surface area contributed by atoms with E-state index in [2.05, 4.69) is 17.4 Å².